The summed E-state index contributed by atoms with van der Waals surface area (Å²) < 4.78 is 0. The molecule has 2 rings (SSSR count). The molecule has 0 spiro atoms. The van der Waals surface area contributed by atoms with Crippen molar-refractivity contribution in [2.24, 2.45) is 0 Å². The molecular formula is C21H31NO2S. The lowest BCUT2D eigenvalue weighted by Gasteiger charge is -2.28. The van der Waals surface area contributed by atoms with Gasteiger partial charge in [-0.3, -0.25) is 4.79 Å². The van der Waals surface area contributed by atoms with Crippen LogP contribution in [0.25, 0.3) is 6.08 Å². The molecule has 1 N–H and O–H groups in total. The Balaban J connectivity index is 2.52. The van der Waals surface area contributed by atoms with E-state index in [1.807, 2.05) is 23.1 Å². The number of phenolic OH excluding ortho intramolecular Hbond substituents is 1. The number of carbonyl (C=O) groups is 1. The van der Waals surface area contributed by atoms with E-state index in [4.69, 9.17) is 0 Å². The smallest absolute Gasteiger partial charge is 0.261 e. The SMILES string of the molecule is CCCN1CS/C(=C\c2cc(C(C)(C)C)c(O)c(C(C)(C)C)c2)C1=O. The highest BCUT2D eigenvalue weighted by molar-refractivity contribution is 8.04. The van der Waals surface area contributed by atoms with E-state index in [2.05, 4.69) is 48.5 Å². The number of hydrogen-bond acceptors (Lipinski definition) is 3. The third-order valence-corrected chi connectivity index (χ3v) is 5.46. The van der Waals surface area contributed by atoms with Crippen molar-refractivity contribution in [2.45, 2.75) is 65.7 Å². The molecule has 0 unspecified atom stereocenters. The fourth-order valence-corrected chi connectivity index (χ4v) is 4.01. The van der Waals surface area contributed by atoms with Crippen LogP contribution in [-0.4, -0.2) is 28.3 Å². The molecule has 1 aliphatic heterocycles. The largest absolute Gasteiger partial charge is 0.507 e. The number of hydrogen-bond donors (Lipinski definition) is 1. The Bertz CT molecular complexity index is 658. The van der Waals surface area contributed by atoms with Gasteiger partial charge in [-0.15, -0.1) is 0 Å². The number of thioether (sulfide) groups is 1. The number of benzene rings is 1. The van der Waals surface area contributed by atoms with Crippen LogP contribution in [0.5, 0.6) is 5.75 Å². The molecule has 1 aliphatic rings. The first kappa shape index (κ1) is 19.9. The Morgan fingerprint density at radius 1 is 1.12 bits per heavy atom. The second-order valence-electron chi connectivity index (χ2n) is 8.82. The van der Waals surface area contributed by atoms with Crippen LogP contribution in [-0.2, 0) is 15.6 Å². The lowest BCUT2D eigenvalue weighted by atomic mass is 9.78. The van der Waals surface area contributed by atoms with Crippen LogP contribution in [0.4, 0.5) is 0 Å². The van der Waals surface area contributed by atoms with Gasteiger partial charge < -0.3 is 10.0 Å². The molecule has 1 heterocycles. The molecule has 0 radical (unpaired) electrons. The molecule has 1 amide bonds. The van der Waals surface area contributed by atoms with E-state index in [1.165, 1.54) is 0 Å². The molecule has 1 fully saturated rings. The van der Waals surface area contributed by atoms with Crippen LogP contribution in [0.2, 0.25) is 0 Å². The van der Waals surface area contributed by atoms with Crippen molar-refractivity contribution >= 4 is 23.7 Å². The molecule has 0 saturated carbocycles. The van der Waals surface area contributed by atoms with Crippen molar-refractivity contribution in [2.75, 3.05) is 12.4 Å². The summed E-state index contributed by atoms with van der Waals surface area (Å²) in [6.07, 6.45) is 2.95. The van der Waals surface area contributed by atoms with Crippen LogP contribution in [0, 0.1) is 0 Å². The Morgan fingerprint density at radius 2 is 1.64 bits per heavy atom. The monoisotopic (exact) mass is 361 g/mol. The van der Waals surface area contributed by atoms with Gasteiger partial charge in [0.25, 0.3) is 5.91 Å². The fraction of sp³-hybridized carbons (Fsp3) is 0.571. The Morgan fingerprint density at radius 3 is 2.08 bits per heavy atom. The third-order valence-electron chi connectivity index (χ3n) is 4.41. The Labute approximate surface area is 156 Å². The minimum absolute atomic E-state index is 0.120. The molecule has 0 aromatic heterocycles. The van der Waals surface area contributed by atoms with Gasteiger partial charge in [0.15, 0.2) is 0 Å². The van der Waals surface area contributed by atoms with E-state index >= 15 is 0 Å². The number of phenols is 1. The van der Waals surface area contributed by atoms with E-state index in [0.717, 1.165) is 40.4 Å². The Hall–Kier alpha value is -1.42. The van der Waals surface area contributed by atoms with Gasteiger partial charge in [-0.1, -0.05) is 60.2 Å². The predicted molar refractivity (Wildman–Crippen MR) is 108 cm³/mol. The highest BCUT2D eigenvalue weighted by Crippen LogP contribution is 2.41. The summed E-state index contributed by atoms with van der Waals surface area (Å²) in [6, 6.07) is 4.04. The summed E-state index contributed by atoms with van der Waals surface area (Å²) in [5.41, 5.74) is 2.50. The summed E-state index contributed by atoms with van der Waals surface area (Å²) in [5, 5.41) is 10.8. The van der Waals surface area contributed by atoms with Gasteiger partial charge in [-0.2, -0.15) is 0 Å². The van der Waals surface area contributed by atoms with E-state index in [0.29, 0.717) is 5.75 Å². The highest BCUT2D eigenvalue weighted by atomic mass is 32.2. The van der Waals surface area contributed by atoms with Crippen LogP contribution in [0.1, 0.15) is 71.6 Å². The average molecular weight is 362 g/mol. The molecule has 0 aliphatic carbocycles. The minimum Gasteiger partial charge on any atom is -0.507 e. The van der Waals surface area contributed by atoms with Crippen LogP contribution in [0.15, 0.2) is 17.0 Å². The fourth-order valence-electron chi connectivity index (χ4n) is 3.00. The van der Waals surface area contributed by atoms with Gasteiger partial charge >= 0.3 is 0 Å². The minimum atomic E-state index is -0.167. The second-order valence-corrected chi connectivity index (χ2v) is 9.80. The van der Waals surface area contributed by atoms with E-state index in [1.54, 1.807) is 11.8 Å². The normalized spacial score (nSPS) is 17.6. The lowest BCUT2D eigenvalue weighted by molar-refractivity contribution is -0.124. The molecule has 25 heavy (non-hydrogen) atoms. The molecule has 1 aromatic rings. The predicted octanol–water partition coefficient (Wildman–Crippen LogP) is 5.27. The lowest BCUT2D eigenvalue weighted by Crippen LogP contribution is -2.25. The van der Waals surface area contributed by atoms with Crippen molar-refractivity contribution in [1.29, 1.82) is 0 Å². The summed E-state index contributed by atoms with van der Waals surface area (Å²) >= 11 is 1.60. The maximum Gasteiger partial charge on any atom is 0.261 e. The van der Waals surface area contributed by atoms with Crippen LogP contribution < -0.4 is 0 Å². The molecule has 4 heteroatoms. The number of nitrogens with zero attached hydrogens (tertiary/aromatic N) is 1. The molecular weight excluding hydrogens is 330 g/mol. The maximum absolute atomic E-state index is 12.5. The first-order chi connectivity index (χ1) is 11.4. The standard InChI is InChI=1S/C21H31NO2S/c1-8-9-22-13-25-17(19(22)24)12-14-10-15(20(2,3)4)18(23)16(11-14)21(5,6)7/h10-12,23H,8-9,13H2,1-7H3/b17-12-. The first-order valence-electron chi connectivity index (χ1n) is 8.97. The van der Waals surface area contributed by atoms with Gasteiger partial charge in [0.1, 0.15) is 5.75 Å². The molecule has 3 nitrogen and oxygen atoms in total. The zero-order chi connectivity index (χ0) is 19.0. The number of aromatic hydroxyl groups is 1. The second kappa shape index (κ2) is 7.06. The maximum atomic E-state index is 12.5. The van der Waals surface area contributed by atoms with Crippen molar-refractivity contribution < 1.29 is 9.90 Å². The van der Waals surface area contributed by atoms with Crippen LogP contribution in [0.3, 0.4) is 0 Å². The van der Waals surface area contributed by atoms with Crippen LogP contribution >= 0.6 is 11.8 Å². The highest BCUT2D eigenvalue weighted by Gasteiger charge is 2.28. The van der Waals surface area contributed by atoms with Gasteiger partial charge in [0, 0.05) is 17.7 Å². The molecule has 0 atom stereocenters. The summed E-state index contributed by atoms with van der Waals surface area (Å²) in [4.78, 5) is 15.2. The zero-order valence-corrected chi connectivity index (χ0v) is 17.4. The summed E-state index contributed by atoms with van der Waals surface area (Å²) in [6.45, 7) is 15.5. The van der Waals surface area contributed by atoms with Crippen molar-refractivity contribution in [1.82, 2.24) is 4.90 Å². The van der Waals surface area contributed by atoms with Gasteiger partial charge in [0.05, 0.1) is 10.8 Å². The number of rotatable bonds is 3. The Kier molecular flexibility index (Phi) is 5.62. The molecule has 1 saturated heterocycles. The van der Waals surface area contributed by atoms with Gasteiger partial charge in [0.2, 0.25) is 0 Å². The van der Waals surface area contributed by atoms with E-state index in [-0.39, 0.29) is 16.7 Å². The van der Waals surface area contributed by atoms with Crippen molar-refractivity contribution in [3.8, 4) is 5.75 Å². The molecule has 138 valence electrons. The van der Waals surface area contributed by atoms with Gasteiger partial charge in [-0.05, 0) is 41.0 Å². The van der Waals surface area contributed by atoms with Crippen molar-refractivity contribution in [3.05, 3.63) is 33.7 Å². The molecule has 0 bridgehead atoms. The molecule has 1 aromatic carbocycles. The quantitative estimate of drug-likeness (QED) is 0.746. The topological polar surface area (TPSA) is 40.5 Å². The van der Waals surface area contributed by atoms with E-state index in [9.17, 15) is 9.90 Å². The number of carbonyl (C=O) groups excluding carboxylic acids is 1. The van der Waals surface area contributed by atoms with E-state index < -0.39 is 0 Å². The summed E-state index contributed by atoms with van der Waals surface area (Å²) in [7, 11) is 0. The zero-order valence-electron chi connectivity index (χ0n) is 16.6. The summed E-state index contributed by atoms with van der Waals surface area (Å²) in [5.74, 6) is 1.23. The average Bonchev–Trinajstić information content (AvgIpc) is 2.80. The van der Waals surface area contributed by atoms with Crippen molar-refractivity contribution in [3.63, 3.8) is 0 Å². The third kappa shape index (κ3) is 4.41. The first-order valence-corrected chi connectivity index (χ1v) is 9.95. The number of amides is 1. The van der Waals surface area contributed by atoms with Gasteiger partial charge in [-0.25, -0.2) is 0 Å².